The van der Waals surface area contributed by atoms with E-state index in [-0.39, 0.29) is 0 Å². The van der Waals surface area contributed by atoms with Gasteiger partial charge in [-0.1, -0.05) is 22.6 Å². The molecule has 0 saturated heterocycles. The van der Waals surface area contributed by atoms with Gasteiger partial charge in [-0.3, -0.25) is 0 Å². The lowest BCUT2D eigenvalue weighted by atomic mass is 10.3. The SMILES string of the molecule is Cc1cc(CI)c(C)s1. The predicted octanol–water partition coefficient (Wildman–Crippen LogP) is 3.30. The first-order valence-corrected chi connectivity index (χ1v) is 5.20. The highest BCUT2D eigenvalue weighted by Gasteiger charge is 1.98. The molecule has 0 bridgehead atoms. The summed E-state index contributed by atoms with van der Waals surface area (Å²) in [5, 5.41) is 0. The fourth-order valence-electron chi connectivity index (χ4n) is 0.816. The number of hydrogen-bond acceptors (Lipinski definition) is 1. The Morgan fingerprint density at radius 3 is 2.44 bits per heavy atom. The van der Waals surface area contributed by atoms with Gasteiger partial charge in [0.2, 0.25) is 0 Å². The van der Waals surface area contributed by atoms with Crippen LogP contribution in [0.2, 0.25) is 0 Å². The van der Waals surface area contributed by atoms with Crippen LogP contribution in [0.1, 0.15) is 15.3 Å². The lowest BCUT2D eigenvalue weighted by Crippen LogP contribution is -1.70. The molecule has 0 saturated carbocycles. The van der Waals surface area contributed by atoms with Gasteiger partial charge in [0, 0.05) is 14.2 Å². The van der Waals surface area contributed by atoms with Crippen molar-refractivity contribution < 1.29 is 0 Å². The van der Waals surface area contributed by atoms with Gasteiger partial charge in [-0.25, -0.2) is 0 Å². The normalized spacial score (nSPS) is 10.1. The molecule has 9 heavy (non-hydrogen) atoms. The molecule has 1 aromatic rings. The summed E-state index contributed by atoms with van der Waals surface area (Å²) in [5.74, 6) is 0. The molecule has 0 aromatic carbocycles. The summed E-state index contributed by atoms with van der Waals surface area (Å²) in [6.07, 6.45) is 0. The van der Waals surface area contributed by atoms with E-state index in [1.807, 2.05) is 11.3 Å². The highest BCUT2D eigenvalue weighted by atomic mass is 127. The van der Waals surface area contributed by atoms with E-state index in [4.69, 9.17) is 0 Å². The Kier molecular flexibility index (Phi) is 2.52. The monoisotopic (exact) mass is 252 g/mol. The molecule has 0 amide bonds. The van der Waals surface area contributed by atoms with Crippen molar-refractivity contribution in [1.82, 2.24) is 0 Å². The van der Waals surface area contributed by atoms with Crippen LogP contribution in [0.4, 0.5) is 0 Å². The van der Waals surface area contributed by atoms with Crippen molar-refractivity contribution in [1.29, 1.82) is 0 Å². The molecule has 0 aliphatic carbocycles. The van der Waals surface area contributed by atoms with Crippen LogP contribution in [-0.2, 0) is 4.43 Å². The van der Waals surface area contributed by atoms with Crippen molar-refractivity contribution in [2.24, 2.45) is 0 Å². The number of aryl methyl sites for hydroxylation is 2. The van der Waals surface area contributed by atoms with Crippen LogP contribution in [0.25, 0.3) is 0 Å². The molecule has 1 heterocycles. The molecule has 50 valence electrons. The summed E-state index contributed by atoms with van der Waals surface area (Å²) in [6.45, 7) is 4.35. The third-order valence-corrected chi connectivity index (χ3v) is 3.12. The maximum absolute atomic E-state index is 2.40. The molecule has 2 heteroatoms. The number of thiophene rings is 1. The molecule has 1 rings (SSSR count). The van der Waals surface area contributed by atoms with Crippen LogP contribution in [0.5, 0.6) is 0 Å². The standard InChI is InChI=1S/C7H9IS/c1-5-3-7(4-8)6(2)9-5/h3H,4H2,1-2H3. The van der Waals surface area contributed by atoms with Gasteiger partial charge in [-0.05, 0) is 25.5 Å². The number of alkyl halides is 1. The van der Waals surface area contributed by atoms with Crippen molar-refractivity contribution in [3.8, 4) is 0 Å². The zero-order valence-corrected chi connectivity index (χ0v) is 8.54. The van der Waals surface area contributed by atoms with Crippen LogP contribution >= 0.6 is 33.9 Å². The number of hydrogen-bond donors (Lipinski definition) is 0. The second kappa shape index (κ2) is 3.01. The van der Waals surface area contributed by atoms with E-state index < -0.39 is 0 Å². The van der Waals surface area contributed by atoms with Crippen LogP contribution in [-0.4, -0.2) is 0 Å². The highest BCUT2D eigenvalue weighted by Crippen LogP contribution is 2.22. The van der Waals surface area contributed by atoms with Crippen molar-refractivity contribution in [3.05, 3.63) is 21.4 Å². The molecule has 0 atom stereocenters. The summed E-state index contributed by atoms with van der Waals surface area (Å²) in [7, 11) is 0. The number of halogens is 1. The van der Waals surface area contributed by atoms with E-state index in [0.29, 0.717) is 0 Å². The van der Waals surface area contributed by atoms with Crippen molar-refractivity contribution in [2.45, 2.75) is 18.3 Å². The van der Waals surface area contributed by atoms with Crippen LogP contribution in [0.15, 0.2) is 6.07 Å². The number of rotatable bonds is 1. The van der Waals surface area contributed by atoms with E-state index in [9.17, 15) is 0 Å². The van der Waals surface area contributed by atoms with E-state index in [0.717, 1.165) is 4.43 Å². The first-order valence-electron chi connectivity index (χ1n) is 2.86. The molecule has 0 radical (unpaired) electrons. The van der Waals surface area contributed by atoms with E-state index in [1.54, 1.807) is 0 Å². The van der Waals surface area contributed by atoms with Crippen molar-refractivity contribution in [3.63, 3.8) is 0 Å². The van der Waals surface area contributed by atoms with Crippen LogP contribution in [0, 0.1) is 13.8 Å². The molecule has 0 aliphatic heterocycles. The minimum Gasteiger partial charge on any atom is -0.146 e. The average Bonchev–Trinajstić information content (AvgIpc) is 2.10. The van der Waals surface area contributed by atoms with Crippen molar-refractivity contribution >= 4 is 33.9 Å². The van der Waals surface area contributed by atoms with Crippen molar-refractivity contribution in [2.75, 3.05) is 0 Å². The lowest BCUT2D eigenvalue weighted by Gasteiger charge is -1.86. The molecule has 0 unspecified atom stereocenters. The van der Waals surface area contributed by atoms with Gasteiger partial charge in [0.05, 0.1) is 0 Å². The first kappa shape index (κ1) is 7.54. The summed E-state index contributed by atoms with van der Waals surface area (Å²) in [6, 6.07) is 2.27. The largest absolute Gasteiger partial charge is 0.146 e. The van der Waals surface area contributed by atoms with E-state index >= 15 is 0 Å². The second-order valence-electron chi connectivity index (χ2n) is 2.07. The molecular weight excluding hydrogens is 243 g/mol. The molecule has 0 nitrogen and oxygen atoms in total. The lowest BCUT2D eigenvalue weighted by molar-refractivity contribution is 1.41. The van der Waals surface area contributed by atoms with E-state index in [2.05, 4.69) is 42.5 Å². The van der Waals surface area contributed by atoms with Crippen LogP contribution < -0.4 is 0 Å². The minimum atomic E-state index is 1.15. The topological polar surface area (TPSA) is 0 Å². The Balaban J connectivity index is 3.01. The quantitative estimate of drug-likeness (QED) is 0.531. The molecular formula is C7H9IS. The molecule has 1 aromatic heterocycles. The van der Waals surface area contributed by atoms with Gasteiger partial charge >= 0.3 is 0 Å². The maximum Gasteiger partial charge on any atom is 0.0258 e. The van der Waals surface area contributed by atoms with Gasteiger partial charge < -0.3 is 0 Å². The Morgan fingerprint density at radius 2 is 2.22 bits per heavy atom. The van der Waals surface area contributed by atoms with E-state index in [1.165, 1.54) is 15.3 Å². The fraction of sp³-hybridized carbons (Fsp3) is 0.429. The highest BCUT2D eigenvalue weighted by molar-refractivity contribution is 14.1. The molecule has 0 spiro atoms. The second-order valence-corrected chi connectivity index (χ2v) is 4.30. The van der Waals surface area contributed by atoms with Gasteiger partial charge in [-0.2, -0.15) is 0 Å². The first-order chi connectivity index (χ1) is 4.24. The Bertz CT molecular complexity index is 203. The van der Waals surface area contributed by atoms with Gasteiger partial charge in [0.1, 0.15) is 0 Å². The third kappa shape index (κ3) is 1.67. The molecule has 0 aliphatic rings. The average molecular weight is 252 g/mol. The smallest absolute Gasteiger partial charge is 0.0258 e. The summed E-state index contributed by atoms with van der Waals surface area (Å²) in [4.78, 5) is 2.90. The predicted molar refractivity (Wildman–Crippen MR) is 51.5 cm³/mol. The summed E-state index contributed by atoms with van der Waals surface area (Å²) < 4.78 is 1.15. The summed E-state index contributed by atoms with van der Waals surface area (Å²) in [5.41, 5.74) is 1.50. The zero-order chi connectivity index (χ0) is 6.85. The Morgan fingerprint density at radius 1 is 1.56 bits per heavy atom. The minimum absolute atomic E-state index is 1.15. The zero-order valence-electron chi connectivity index (χ0n) is 5.57. The molecule has 0 N–H and O–H groups in total. The Labute approximate surface area is 73.4 Å². The van der Waals surface area contributed by atoms with Gasteiger partial charge in [0.25, 0.3) is 0 Å². The van der Waals surface area contributed by atoms with Gasteiger partial charge in [-0.15, -0.1) is 11.3 Å². The van der Waals surface area contributed by atoms with Crippen LogP contribution in [0.3, 0.4) is 0 Å². The Hall–Kier alpha value is 0.430. The maximum atomic E-state index is 2.40. The van der Waals surface area contributed by atoms with Gasteiger partial charge in [0.15, 0.2) is 0 Å². The third-order valence-electron chi connectivity index (χ3n) is 1.29. The fourth-order valence-corrected chi connectivity index (χ4v) is 2.81. The summed E-state index contributed by atoms with van der Waals surface area (Å²) >= 11 is 4.29. The molecule has 0 fully saturated rings.